The summed E-state index contributed by atoms with van der Waals surface area (Å²) in [5.41, 5.74) is 0.461. The average Bonchev–Trinajstić information content (AvgIpc) is 2.15. The number of benzene rings is 1. The van der Waals surface area contributed by atoms with Crippen LogP contribution in [0.2, 0.25) is 0 Å². The lowest BCUT2D eigenvalue weighted by atomic mass is 10.2. The zero-order valence-corrected chi connectivity index (χ0v) is 10.6. The molecule has 0 fully saturated rings. The molecule has 0 aromatic heterocycles. The van der Waals surface area contributed by atoms with Crippen molar-refractivity contribution >= 4 is 31.9 Å². The van der Waals surface area contributed by atoms with Gasteiger partial charge in [-0.2, -0.15) is 5.26 Å². The van der Waals surface area contributed by atoms with E-state index >= 15 is 0 Å². The zero-order valence-electron chi connectivity index (χ0n) is 7.38. The van der Waals surface area contributed by atoms with Crippen molar-refractivity contribution in [3.8, 4) is 11.8 Å². The molecule has 1 rings (SSSR count). The molecule has 14 heavy (non-hydrogen) atoms. The molecule has 0 atom stereocenters. The highest BCUT2D eigenvalue weighted by atomic mass is 79.9. The fourth-order valence-corrected chi connectivity index (χ4v) is 2.25. The van der Waals surface area contributed by atoms with E-state index in [1.165, 1.54) is 7.11 Å². The predicted molar refractivity (Wildman–Crippen MR) is 59.1 cm³/mol. The van der Waals surface area contributed by atoms with Crippen molar-refractivity contribution in [2.24, 2.45) is 0 Å². The molecule has 0 saturated carbocycles. The third-order valence-electron chi connectivity index (χ3n) is 1.45. The van der Waals surface area contributed by atoms with Crippen LogP contribution in [0.5, 0.6) is 5.75 Å². The predicted octanol–water partition coefficient (Wildman–Crippen LogP) is 3.07. The quantitative estimate of drug-likeness (QED) is 0.804. The summed E-state index contributed by atoms with van der Waals surface area (Å²) < 4.78 is 11.6. The van der Waals surface area contributed by atoms with E-state index in [1.807, 2.05) is 12.1 Å². The second-order valence-electron chi connectivity index (χ2n) is 2.43. The molecular weight excluding hydrogens is 314 g/mol. The van der Waals surface area contributed by atoms with Crippen LogP contribution in [-0.2, 0) is 4.74 Å². The molecule has 0 spiro atoms. The van der Waals surface area contributed by atoms with Gasteiger partial charge in [-0.25, -0.2) is 0 Å². The maximum absolute atomic E-state index is 8.85. The molecule has 0 bridgehead atoms. The maximum Gasteiger partial charge on any atom is 0.188 e. The van der Waals surface area contributed by atoms with Crippen LogP contribution < -0.4 is 4.74 Å². The topological polar surface area (TPSA) is 42.2 Å². The maximum atomic E-state index is 8.85. The van der Waals surface area contributed by atoms with Gasteiger partial charge in [0.2, 0.25) is 0 Å². The number of halogens is 2. The molecule has 1 aromatic rings. The molecule has 5 heteroatoms. The van der Waals surface area contributed by atoms with Gasteiger partial charge < -0.3 is 9.47 Å². The highest BCUT2D eigenvalue weighted by molar-refractivity contribution is 9.11. The van der Waals surface area contributed by atoms with Crippen molar-refractivity contribution < 1.29 is 9.47 Å². The minimum absolute atomic E-state index is 0.120. The Labute approximate surface area is 98.9 Å². The molecule has 0 aliphatic carbocycles. The number of rotatable bonds is 3. The molecule has 0 saturated heterocycles. The normalized spacial score (nSPS) is 9.57. The van der Waals surface area contributed by atoms with Gasteiger partial charge in [0.15, 0.2) is 12.5 Å². The minimum atomic E-state index is 0.120. The van der Waals surface area contributed by atoms with E-state index in [1.54, 1.807) is 6.07 Å². The summed E-state index contributed by atoms with van der Waals surface area (Å²) in [6, 6.07) is 5.55. The molecule has 0 radical (unpaired) electrons. The Morgan fingerprint density at radius 1 is 1.43 bits per heavy atom. The van der Waals surface area contributed by atoms with Gasteiger partial charge in [0.1, 0.15) is 6.07 Å². The van der Waals surface area contributed by atoms with Gasteiger partial charge in [0.05, 0.1) is 10.0 Å². The monoisotopic (exact) mass is 319 g/mol. The van der Waals surface area contributed by atoms with Crippen molar-refractivity contribution in [3.63, 3.8) is 0 Å². The van der Waals surface area contributed by atoms with Gasteiger partial charge in [-0.1, -0.05) is 15.9 Å². The number of hydrogen-bond donors (Lipinski definition) is 0. The van der Waals surface area contributed by atoms with Gasteiger partial charge in [-0.15, -0.1) is 0 Å². The summed E-state index contributed by atoms with van der Waals surface area (Å²) in [5, 5.41) is 8.85. The Morgan fingerprint density at radius 2 is 2.14 bits per heavy atom. The van der Waals surface area contributed by atoms with Crippen LogP contribution in [0, 0.1) is 11.3 Å². The zero-order chi connectivity index (χ0) is 10.6. The fourth-order valence-electron chi connectivity index (χ4n) is 0.908. The van der Waals surface area contributed by atoms with E-state index < -0.39 is 0 Å². The molecule has 0 N–H and O–H groups in total. The smallest absolute Gasteiger partial charge is 0.188 e. The first-order valence-corrected chi connectivity index (χ1v) is 5.28. The summed E-state index contributed by atoms with van der Waals surface area (Å²) in [6.45, 7) is 0.120. The molecule has 1 aromatic carbocycles. The third-order valence-corrected chi connectivity index (χ3v) is 2.50. The number of nitrogens with zero attached hydrogens (tertiary/aromatic N) is 1. The summed E-state index contributed by atoms with van der Waals surface area (Å²) in [7, 11) is 1.53. The largest absolute Gasteiger partial charge is 0.465 e. The van der Waals surface area contributed by atoms with Crippen LogP contribution in [0.25, 0.3) is 0 Å². The number of methoxy groups -OCH3 is 1. The molecule has 0 aliphatic rings. The van der Waals surface area contributed by atoms with E-state index in [0.29, 0.717) is 11.3 Å². The van der Waals surface area contributed by atoms with E-state index in [-0.39, 0.29) is 6.79 Å². The Kier molecular flexibility index (Phi) is 4.39. The summed E-state index contributed by atoms with van der Waals surface area (Å²) in [4.78, 5) is 0. The van der Waals surface area contributed by atoms with Gasteiger partial charge in [-0.05, 0) is 28.1 Å². The highest BCUT2D eigenvalue weighted by Gasteiger charge is 2.09. The van der Waals surface area contributed by atoms with Crippen LogP contribution in [0.3, 0.4) is 0 Å². The highest BCUT2D eigenvalue weighted by Crippen LogP contribution is 2.32. The van der Waals surface area contributed by atoms with Crippen LogP contribution >= 0.6 is 31.9 Å². The molecule has 0 aliphatic heterocycles. The first-order valence-electron chi connectivity index (χ1n) is 3.70. The van der Waals surface area contributed by atoms with Crippen LogP contribution in [0.4, 0.5) is 0 Å². The summed E-state index contributed by atoms with van der Waals surface area (Å²) in [6.07, 6.45) is 0. The molecule has 3 nitrogen and oxygen atoms in total. The Hall–Kier alpha value is -0.570. The fraction of sp³-hybridized carbons (Fsp3) is 0.222. The second-order valence-corrected chi connectivity index (χ2v) is 4.20. The molecule has 0 unspecified atom stereocenters. The molecular formula is C9H7Br2NO2. The first kappa shape index (κ1) is 11.5. The lowest BCUT2D eigenvalue weighted by Crippen LogP contribution is -2.01. The van der Waals surface area contributed by atoms with Crippen molar-refractivity contribution in [1.82, 2.24) is 0 Å². The average molecular weight is 321 g/mol. The van der Waals surface area contributed by atoms with Crippen molar-refractivity contribution in [2.75, 3.05) is 13.9 Å². The standard InChI is InChI=1S/C9H7Br2NO2/c1-13-5-14-9-6(4-12)2-7(10)3-8(9)11/h2-3H,5H2,1H3. The Bertz CT molecular complexity index is 374. The lowest BCUT2D eigenvalue weighted by molar-refractivity contribution is 0.0503. The summed E-state index contributed by atoms with van der Waals surface area (Å²) >= 11 is 6.60. The lowest BCUT2D eigenvalue weighted by Gasteiger charge is -2.08. The minimum Gasteiger partial charge on any atom is -0.465 e. The second kappa shape index (κ2) is 5.35. The van der Waals surface area contributed by atoms with Crippen LogP contribution in [0.15, 0.2) is 21.1 Å². The SMILES string of the molecule is COCOc1c(Br)cc(Br)cc1C#N. The number of ether oxygens (including phenoxy) is 2. The van der Waals surface area contributed by atoms with E-state index in [4.69, 9.17) is 14.7 Å². The summed E-state index contributed by atoms with van der Waals surface area (Å²) in [5.74, 6) is 0.498. The van der Waals surface area contributed by atoms with Gasteiger partial charge >= 0.3 is 0 Å². The van der Waals surface area contributed by atoms with Crippen molar-refractivity contribution in [1.29, 1.82) is 5.26 Å². The van der Waals surface area contributed by atoms with Gasteiger partial charge in [0.25, 0.3) is 0 Å². The third kappa shape index (κ3) is 2.71. The van der Waals surface area contributed by atoms with E-state index in [0.717, 1.165) is 8.95 Å². The first-order chi connectivity index (χ1) is 6.69. The van der Waals surface area contributed by atoms with Crippen molar-refractivity contribution in [3.05, 3.63) is 26.6 Å². The van der Waals surface area contributed by atoms with Gasteiger partial charge in [-0.3, -0.25) is 0 Å². The number of hydrogen-bond acceptors (Lipinski definition) is 3. The Morgan fingerprint density at radius 3 is 2.71 bits per heavy atom. The van der Waals surface area contributed by atoms with E-state index in [2.05, 4.69) is 31.9 Å². The molecule has 0 amide bonds. The van der Waals surface area contributed by atoms with Crippen LogP contribution in [-0.4, -0.2) is 13.9 Å². The van der Waals surface area contributed by atoms with Crippen LogP contribution in [0.1, 0.15) is 5.56 Å². The number of nitriles is 1. The molecule has 74 valence electrons. The molecule has 0 heterocycles. The Balaban J connectivity index is 3.07. The van der Waals surface area contributed by atoms with Gasteiger partial charge in [0, 0.05) is 11.6 Å². The van der Waals surface area contributed by atoms with E-state index in [9.17, 15) is 0 Å². The van der Waals surface area contributed by atoms with Crippen molar-refractivity contribution in [2.45, 2.75) is 0 Å².